The molecule has 2 aromatic heterocycles. The van der Waals surface area contributed by atoms with Crippen LogP contribution < -0.4 is 11.0 Å². The molecule has 0 saturated heterocycles. The van der Waals surface area contributed by atoms with Gasteiger partial charge in [-0.05, 0) is 30.3 Å². The number of anilines is 1. The van der Waals surface area contributed by atoms with Gasteiger partial charge in [-0.3, -0.25) is 14.3 Å². The summed E-state index contributed by atoms with van der Waals surface area (Å²) in [6.07, 6.45) is 2.57. The number of nitrogens with zero attached hydrogens (tertiary/aromatic N) is 4. The van der Waals surface area contributed by atoms with Crippen molar-refractivity contribution < 1.29 is 18.3 Å². The fourth-order valence-corrected chi connectivity index (χ4v) is 4.41. The van der Waals surface area contributed by atoms with E-state index in [0.29, 0.717) is 5.69 Å². The largest absolute Gasteiger partial charge is 0.493 e. The molecule has 3 aromatic rings. The van der Waals surface area contributed by atoms with Gasteiger partial charge in [-0.2, -0.15) is 4.31 Å². The van der Waals surface area contributed by atoms with Crippen LogP contribution in [-0.4, -0.2) is 50.7 Å². The summed E-state index contributed by atoms with van der Waals surface area (Å²) >= 11 is 6.35. The Labute approximate surface area is 182 Å². The number of nitrogens with one attached hydrogen (secondary N) is 1. The van der Waals surface area contributed by atoms with E-state index in [1.54, 1.807) is 18.2 Å². The van der Waals surface area contributed by atoms with Gasteiger partial charge in [0.15, 0.2) is 0 Å². The smallest absolute Gasteiger partial charge is 0.336 e. The number of sulfonamides is 1. The van der Waals surface area contributed by atoms with Gasteiger partial charge in [-0.15, -0.1) is 0 Å². The zero-order valence-corrected chi connectivity index (χ0v) is 17.9. The van der Waals surface area contributed by atoms with Crippen molar-refractivity contribution in [1.82, 2.24) is 18.4 Å². The molecule has 0 aliphatic carbocycles. The van der Waals surface area contributed by atoms with E-state index in [-0.39, 0.29) is 47.6 Å². The van der Waals surface area contributed by atoms with Gasteiger partial charge in [0.2, 0.25) is 15.9 Å². The number of carbonyl (C=O) groups is 1. The molecular formula is C19H18ClN5O5S. The Morgan fingerprint density at radius 1 is 1.23 bits per heavy atom. The highest BCUT2D eigenvalue weighted by Gasteiger charge is 2.30. The average Bonchev–Trinajstić information content (AvgIpc) is 2.98. The molecular weight excluding hydrogens is 446 g/mol. The second-order valence-electron chi connectivity index (χ2n) is 6.97. The minimum atomic E-state index is -3.48. The van der Waals surface area contributed by atoms with Gasteiger partial charge < -0.3 is 10.4 Å². The molecule has 0 spiro atoms. The lowest BCUT2D eigenvalue weighted by molar-refractivity contribution is 0.102. The Morgan fingerprint density at radius 2 is 2.00 bits per heavy atom. The highest BCUT2D eigenvalue weighted by Crippen LogP contribution is 2.30. The number of halogens is 1. The van der Waals surface area contributed by atoms with Crippen LogP contribution >= 0.6 is 11.6 Å². The summed E-state index contributed by atoms with van der Waals surface area (Å²) in [6, 6.07) is 9.41. The normalized spacial score (nSPS) is 14.3. The second kappa shape index (κ2) is 7.84. The molecule has 162 valence electrons. The number of rotatable bonds is 4. The summed E-state index contributed by atoms with van der Waals surface area (Å²) < 4.78 is 27.2. The van der Waals surface area contributed by atoms with E-state index < -0.39 is 21.6 Å². The highest BCUT2D eigenvalue weighted by molar-refractivity contribution is 7.88. The van der Waals surface area contributed by atoms with Crippen LogP contribution in [0, 0.1) is 0 Å². The van der Waals surface area contributed by atoms with Gasteiger partial charge in [0.1, 0.15) is 5.69 Å². The van der Waals surface area contributed by atoms with E-state index in [9.17, 15) is 23.1 Å². The topological polar surface area (TPSA) is 127 Å². The summed E-state index contributed by atoms with van der Waals surface area (Å²) in [5.41, 5.74) is 0.460. The zero-order chi connectivity index (χ0) is 22.3. The predicted molar refractivity (Wildman–Crippen MR) is 114 cm³/mol. The number of hydrogen-bond acceptors (Lipinski definition) is 6. The van der Waals surface area contributed by atoms with Crippen molar-refractivity contribution in [2.24, 2.45) is 0 Å². The fourth-order valence-electron chi connectivity index (χ4n) is 3.38. The predicted octanol–water partition coefficient (Wildman–Crippen LogP) is 1.42. The number of fused-ring (bicyclic) bond motifs is 1. The first-order chi connectivity index (χ1) is 14.7. The van der Waals surface area contributed by atoms with E-state index in [0.717, 1.165) is 10.8 Å². The van der Waals surface area contributed by atoms with E-state index in [1.165, 1.54) is 33.3 Å². The van der Waals surface area contributed by atoms with Crippen molar-refractivity contribution in [2.45, 2.75) is 13.1 Å². The van der Waals surface area contributed by atoms with E-state index in [4.69, 9.17) is 11.6 Å². The molecule has 0 atom stereocenters. The Balaban J connectivity index is 1.66. The van der Waals surface area contributed by atoms with Crippen LogP contribution in [-0.2, 0) is 23.1 Å². The molecule has 0 saturated carbocycles. The maximum absolute atomic E-state index is 12.9. The van der Waals surface area contributed by atoms with Crippen molar-refractivity contribution in [3.8, 4) is 11.6 Å². The van der Waals surface area contributed by atoms with E-state index in [2.05, 4.69) is 10.3 Å². The standard InChI is InChI=1S/C19H18ClN5O5S/c1-31(29,30)23-8-9-24-16(11-23)18(27)25(19(24)28)15-6-5-12(10-13(15)20)22-17(26)14-4-2-3-7-21-14/h2-7,10,27H,8-9,11H2,1H3,(H,22,26). The summed E-state index contributed by atoms with van der Waals surface area (Å²) in [5.74, 6) is -0.810. The van der Waals surface area contributed by atoms with Gasteiger partial charge in [0.25, 0.3) is 5.91 Å². The molecule has 0 radical (unpaired) electrons. The summed E-state index contributed by atoms with van der Waals surface area (Å²) in [5, 5.41) is 13.4. The SMILES string of the molecule is CS(=O)(=O)N1CCn2c(c(O)n(-c3ccc(NC(=O)c4ccccn4)cc3Cl)c2=O)C1. The molecule has 1 aliphatic rings. The number of aromatic hydroxyl groups is 1. The lowest BCUT2D eigenvalue weighted by Gasteiger charge is -2.25. The highest BCUT2D eigenvalue weighted by atomic mass is 35.5. The van der Waals surface area contributed by atoms with Crippen LogP contribution in [0.5, 0.6) is 5.88 Å². The van der Waals surface area contributed by atoms with Gasteiger partial charge in [0, 0.05) is 25.0 Å². The molecule has 1 amide bonds. The maximum Gasteiger partial charge on any atom is 0.336 e. The first kappa shape index (κ1) is 21.1. The van der Waals surface area contributed by atoms with Crippen LogP contribution in [0.3, 0.4) is 0 Å². The monoisotopic (exact) mass is 463 g/mol. The van der Waals surface area contributed by atoms with Crippen molar-refractivity contribution in [2.75, 3.05) is 18.1 Å². The quantitative estimate of drug-likeness (QED) is 0.602. The number of imidazole rings is 1. The molecule has 10 nitrogen and oxygen atoms in total. The third-order valence-corrected chi connectivity index (χ3v) is 6.48. The Bertz CT molecular complexity index is 1330. The number of benzene rings is 1. The van der Waals surface area contributed by atoms with Crippen molar-refractivity contribution in [3.63, 3.8) is 0 Å². The Hall–Kier alpha value is -3.15. The minimum absolute atomic E-state index is 0.109. The molecule has 1 aromatic carbocycles. The molecule has 2 N–H and O–H groups in total. The van der Waals surface area contributed by atoms with Crippen molar-refractivity contribution in [3.05, 3.63) is 69.5 Å². The van der Waals surface area contributed by atoms with Gasteiger partial charge in [-0.1, -0.05) is 17.7 Å². The Kier molecular flexibility index (Phi) is 5.33. The van der Waals surface area contributed by atoms with Gasteiger partial charge in [-0.25, -0.2) is 17.8 Å². The zero-order valence-electron chi connectivity index (χ0n) is 16.3. The molecule has 0 fully saturated rings. The van der Waals surface area contributed by atoms with Crippen LogP contribution in [0.1, 0.15) is 16.2 Å². The molecule has 0 unspecified atom stereocenters. The lowest BCUT2D eigenvalue weighted by atomic mass is 10.2. The third kappa shape index (κ3) is 3.94. The Morgan fingerprint density at radius 3 is 2.65 bits per heavy atom. The van der Waals surface area contributed by atoms with Crippen LogP contribution in [0.4, 0.5) is 5.69 Å². The van der Waals surface area contributed by atoms with Crippen molar-refractivity contribution >= 4 is 33.2 Å². The van der Waals surface area contributed by atoms with Gasteiger partial charge >= 0.3 is 5.69 Å². The number of carbonyl (C=O) groups excluding carboxylic acids is 1. The lowest BCUT2D eigenvalue weighted by Crippen LogP contribution is -2.40. The molecule has 0 bridgehead atoms. The van der Waals surface area contributed by atoms with Crippen LogP contribution in [0.2, 0.25) is 5.02 Å². The molecule has 1 aliphatic heterocycles. The average molecular weight is 464 g/mol. The first-order valence-electron chi connectivity index (χ1n) is 9.17. The number of hydrogen-bond donors (Lipinski definition) is 2. The molecule has 12 heteroatoms. The number of aromatic nitrogens is 3. The summed E-state index contributed by atoms with van der Waals surface area (Å²) in [4.78, 5) is 29.1. The second-order valence-corrected chi connectivity index (χ2v) is 9.36. The first-order valence-corrected chi connectivity index (χ1v) is 11.4. The minimum Gasteiger partial charge on any atom is -0.493 e. The van der Waals surface area contributed by atoms with Crippen molar-refractivity contribution in [1.29, 1.82) is 0 Å². The van der Waals surface area contributed by atoms with E-state index in [1.807, 2.05) is 0 Å². The molecule has 3 heterocycles. The van der Waals surface area contributed by atoms with E-state index >= 15 is 0 Å². The van der Waals surface area contributed by atoms with Gasteiger partial charge in [0.05, 0.1) is 29.2 Å². The summed E-state index contributed by atoms with van der Waals surface area (Å²) in [7, 11) is -3.48. The molecule has 31 heavy (non-hydrogen) atoms. The van der Waals surface area contributed by atoms with Crippen LogP contribution in [0.15, 0.2) is 47.4 Å². The summed E-state index contributed by atoms with van der Waals surface area (Å²) in [6.45, 7) is 0.113. The third-order valence-electron chi connectivity index (χ3n) is 4.93. The molecule has 4 rings (SSSR count). The van der Waals surface area contributed by atoms with Crippen LogP contribution in [0.25, 0.3) is 5.69 Å². The number of amides is 1. The number of pyridine rings is 1. The fraction of sp³-hybridized carbons (Fsp3) is 0.211. The maximum atomic E-state index is 12.9.